The zero-order valence-electron chi connectivity index (χ0n) is 21.8. The predicted octanol–water partition coefficient (Wildman–Crippen LogP) is -1.90. The summed E-state index contributed by atoms with van der Waals surface area (Å²) < 4.78 is 13.6. The number of hydrogen-bond acceptors (Lipinski definition) is 7. The van der Waals surface area contributed by atoms with Gasteiger partial charge in [-0.2, -0.15) is 5.26 Å². The standard InChI is InChI=1S/C24H34FN9O5/c1-13(2)20(34-21(37)14-5-6-16(25)15(10-14)11-26)23(39)30-9-7-19(36)33-17(4-3-8-31-24(28)29)22(38)32-12-18(27)35/h5-6,10,13,17,20H,3-4,7-9,12H2,1-2H3,(H2,27,35)(H,30,39)(H,32,38)(H,33,36)(H,34,37)(H4,28,29,31)/t17-,20-/m0/s1/i25-1. The van der Waals surface area contributed by atoms with E-state index in [1.807, 2.05) is 0 Å². The van der Waals surface area contributed by atoms with Crippen molar-refractivity contribution in [1.82, 2.24) is 21.3 Å². The van der Waals surface area contributed by atoms with Gasteiger partial charge in [0.15, 0.2) is 5.96 Å². The van der Waals surface area contributed by atoms with Crippen molar-refractivity contribution in [3.63, 3.8) is 0 Å². The largest absolute Gasteiger partial charge is 0.370 e. The van der Waals surface area contributed by atoms with Crippen molar-refractivity contribution in [3.8, 4) is 6.07 Å². The van der Waals surface area contributed by atoms with Crippen molar-refractivity contribution in [3.05, 3.63) is 35.1 Å². The fraction of sp³-hybridized carbons (Fsp3) is 0.458. The van der Waals surface area contributed by atoms with Crippen molar-refractivity contribution in [1.29, 1.82) is 5.26 Å². The fourth-order valence-electron chi connectivity index (χ4n) is 3.26. The minimum absolute atomic E-state index is 0.00581. The molecule has 39 heavy (non-hydrogen) atoms. The Morgan fingerprint density at radius 2 is 1.74 bits per heavy atom. The molecule has 10 N–H and O–H groups in total. The topological polar surface area (TPSA) is 248 Å². The van der Waals surface area contributed by atoms with Crippen molar-refractivity contribution in [2.45, 2.75) is 45.2 Å². The highest BCUT2D eigenvalue weighted by molar-refractivity contribution is 5.98. The van der Waals surface area contributed by atoms with Crippen molar-refractivity contribution in [2.75, 3.05) is 19.6 Å². The normalized spacial score (nSPS) is 11.9. The summed E-state index contributed by atoms with van der Waals surface area (Å²) in [6, 6.07) is 2.92. The number of guanidine groups is 1. The first-order valence-corrected chi connectivity index (χ1v) is 12.0. The van der Waals surface area contributed by atoms with E-state index in [4.69, 9.17) is 22.5 Å². The van der Waals surface area contributed by atoms with E-state index in [-0.39, 0.29) is 48.9 Å². The Morgan fingerprint density at radius 1 is 1.05 bits per heavy atom. The van der Waals surface area contributed by atoms with Crippen LogP contribution in [0.5, 0.6) is 0 Å². The molecular formula is C24H34FN9O5. The van der Waals surface area contributed by atoms with Crippen LogP contribution in [0.1, 0.15) is 49.0 Å². The Balaban J connectivity index is 2.70. The Labute approximate surface area is 224 Å². The lowest BCUT2D eigenvalue weighted by molar-refractivity contribution is -0.130. The maximum Gasteiger partial charge on any atom is 0.251 e. The van der Waals surface area contributed by atoms with E-state index in [0.717, 1.165) is 12.1 Å². The minimum Gasteiger partial charge on any atom is -0.370 e. The van der Waals surface area contributed by atoms with Crippen LogP contribution in [0.15, 0.2) is 23.2 Å². The highest BCUT2D eigenvalue weighted by Crippen LogP contribution is 2.11. The van der Waals surface area contributed by atoms with Crippen LogP contribution < -0.4 is 38.5 Å². The Morgan fingerprint density at radius 3 is 2.33 bits per heavy atom. The number of benzene rings is 1. The molecule has 5 amide bonds. The zero-order chi connectivity index (χ0) is 29.5. The van der Waals surface area contributed by atoms with Crippen LogP contribution in [0, 0.1) is 23.1 Å². The molecule has 0 saturated carbocycles. The SMILES string of the molecule is CC(C)[C@H](NC(=O)c1ccc([18F])c(C#N)c1)C(=O)NCCC(=O)N[C@@H](CCCN=C(N)N)C(=O)NCC(N)=O. The van der Waals surface area contributed by atoms with Crippen LogP contribution in [0.25, 0.3) is 0 Å². The summed E-state index contributed by atoms with van der Waals surface area (Å²) in [7, 11) is 0. The van der Waals surface area contributed by atoms with Crippen LogP contribution >= 0.6 is 0 Å². The van der Waals surface area contributed by atoms with E-state index in [1.54, 1.807) is 19.9 Å². The Hall–Kier alpha value is -4.74. The van der Waals surface area contributed by atoms with Crippen LogP contribution in [-0.2, 0) is 19.2 Å². The second-order valence-corrected chi connectivity index (χ2v) is 8.80. The van der Waals surface area contributed by atoms with Gasteiger partial charge in [0.25, 0.3) is 5.91 Å². The maximum atomic E-state index is 13.6. The number of primary amides is 1. The molecule has 1 aromatic carbocycles. The molecule has 0 bridgehead atoms. The van der Waals surface area contributed by atoms with E-state index in [0.29, 0.717) is 6.42 Å². The van der Waals surface area contributed by atoms with Gasteiger partial charge >= 0.3 is 0 Å². The second-order valence-electron chi connectivity index (χ2n) is 8.80. The van der Waals surface area contributed by atoms with Gasteiger partial charge in [0, 0.05) is 25.1 Å². The molecule has 0 aliphatic rings. The summed E-state index contributed by atoms with van der Waals surface area (Å²) in [5.41, 5.74) is 15.3. The number of rotatable bonds is 15. The molecule has 0 aromatic heterocycles. The predicted molar refractivity (Wildman–Crippen MR) is 139 cm³/mol. The summed E-state index contributed by atoms with van der Waals surface area (Å²) >= 11 is 0. The molecule has 0 unspecified atom stereocenters. The van der Waals surface area contributed by atoms with Crippen LogP contribution in [0.4, 0.5) is 4.39 Å². The Kier molecular flexibility index (Phi) is 13.4. The maximum absolute atomic E-state index is 13.6. The van der Waals surface area contributed by atoms with Gasteiger partial charge in [-0.25, -0.2) is 4.39 Å². The lowest BCUT2D eigenvalue weighted by Crippen LogP contribution is -2.51. The third kappa shape index (κ3) is 11.9. The molecule has 0 spiro atoms. The summed E-state index contributed by atoms with van der Waals surface area (Å²) in [4.78, 5) is 64.9. The fourth-order valence-corrected chi connectivity index (χ4v) is 3.26. The smallest absolute Gasteiger partial charge is 0.251 e. The monoisotopic (exact) mass is 546 g/mol. The molecule has 0 fully saturated rings. The van der Waals surface area contributed by atoms with E-state index >= 15 is 0 Å². The first-order chi connectivity index (χ1) is 18.3. The van der Waals surface area contributed by atoms with E-state index in [2.05, 4.69) is 26.3 Å². The van der Waals surface area contributed by atoms with Crippen LogP contribution in [-0.4, -0.2) is 67.2 Å². The minimum atomic E-state index is -1.00. The van der Waals surface area contributed by atoms with Gasteiger partial charge in [-0.15, -0.1) is 0 Å². The number of nitrogens with two attached hydrogens (primary N) is 3. The zero-order valence-corrected chi connectivity index (χ0v) is 21.8. The number of halogens is 1. The molecule has 1 aromatic rings. The van der Waals surface area contributed by atoms with Gasteiger partial charge < -0.3 is 38.5 Å². The van der Waals surface area contributed by atoms with Gasteiger partial charge in [-0.05, 0) is 37.0 Å². The second kappa shape index (κ2) is 16.2. The Bertz CT molecular complexity index is 1130. The third-order valence-corrected chi connectivity index (χ3v) is 5.27. The van der Waals surface area contributed by atoms with Gasteiger partial charge in [-0.3, -0.25) is 29.0 Å². The molecule has 0 saturated heterocycles. The van der Waals surface area contributed by atoms with Crippen molar-refractivity contribution >= 4 is 35.5 Å². The number of nitrogens with zero attached hydrogens (tertiary/aromatic N) is 2. The van der Waals surface area contributed by atoms with Crippen LogP contribution in [0.2, 0.25) is 0 Å². The quantitative estimate of drug-likeness (QED) is 0.0741. The first-order valence-electron chi connectivity index (χ1n) is 12.0. The van der Waals surface area contributed by atoms with Gasteiger partial charge in [0.05, 0.1) is 12.1 Å². The van der Waals surface area contributed by atoms with Gasteiger partial charge in [-0.1, -0.05) is 13.8 Å². The number of amides is 5. The molecule has 0 aliphatic heterocycles. The average molecular weight is 547 g/mol. The van der Waals surface area contributed by atoms with E-state index < -0.39 is 54.0 Å². The molecule has 15 heteroatoms. The molecule has 0 heterocycles. The first kappa shape index (κ1) is 32.3. The van der Waals surface area contributed by atoms with Gasteiger partial charge in [0.1, 0.15) is 24.0 Å². The molecule has 14 nitrogen and oxygen atoms in total. The molecule has 0 aliphatic carbocycles. The number of carbonyl (C=O) groups excluding carboxylic acids is 5. The highest BCUT2D eigenvalue weighted by Gasteiger charge is 2.25. The molecule has 2 atom stereocenters. The molecule has 1 rings (SSSR count). The highest BCUT2D eigenvalue weighted by atomic mass is 18.2. The van der Waals surface area contributed by atoms with E-state index in [9.17, 15) is 28.4 Å². The number of hydrogen-bond donors (Lipinski definition) is 7. The van der Waals surface area contributed by atoms with Crippen molar-refractivity contribution < 1.29 is 28.4 Å². The van der Waals surface area contributed by atoms with Gasteiger partial charge in [0.2, 0.25) is 23.6 Å². The summed E-state index contributed by atoms with van der Waals surface area (Å²) in [6.45, 7) is 3.09. The lowest BCUT2D eigenvalue weighted by atomic mass is 10.0. The van der Waals surface area contributed by atoms with Crippen LogP contribution in [0.3, 0.4) is 0 Å². The number of carbonyl (C=O) groups is 5. The molecule has 212 valence electrons. The summed E-state index contributed by atoms with van der Waals surface area (Å²) in [5, 5.41) is 18.9. The molecule has 0 radical (unpaired) electrons. The molecular weight excluding hydrogens is 512 g/mol. The number of nitrogens with one attached hydrogen (secondary N) is 4. The van der Waals surface area contributed by atoms with E-state index in [1.165, 1.54) is 6.07 Å². The summed E-state index contributed by atoms with van der Waals surface area (Å²) in [6.07, 6.45) is 0.322. The lowest BCUT2D eigenvalue weighted by Gasteiger charge is -2.22. The average Bonchev–Trinajstić information content (AvgIpc) is 2.87. The van der Waals surface area contributed by atoms with Crippen molar-refractivity contribution in [2.24, 2.45) is 28.1 Å². The number of aliphatic imine (C=N–C) groups is 1. The summed E-state index contributed by atoms with van der Waals surface area (Å²) in [5.74, 6) is -4.42. The third-order valence-electron chi connectivity index (χ3n) is 5.27. The number of nitriles is 1.